The number of hydrogen-bond acceptors (Lipinski definition) is 2. The highest BCUT2D eigenvalue weighted by Gasteiger charge is 2.33. The zero-order chi connectivity index (χ0) is 21.1. The van der Waals surface area contributed by atoms with Crippen molar-refractivity contribution in [2.45, 2.75) is 51.0 Å². The number of rotatable bonds is 4. The Morgan fingerprint density at radius 2 is 1.83 bits per heavy atom. The van der Waals surface area contributed by atoms with Gasteiger partial charge in [-0.25, -0.2) is 4.39 Å². The van der Waals surface area contributed by atoms with Crippen molar-refractivity contribution in [2.75, 3.05) is 11.9 Å². The molecule has 2 amide bonds. The third-order valence-electron chi connectivity index (χ3n) is 6.21. The van der Waals surface area contributed by atoms with Gasteiger partial charge in [-0.3, -0.25) is 9.59 Å². The van der Waals surface area contributed by atoms with Gasteiger partial charge in [-0.1, -0.05) is 55.8 Å². The Morgan fingerprint density at radius 1 is 1.10 bits per heavy atom. The van der Waals surface area contributed by atoms with E-state index in [2.05, 4.69) is 5.32 Å². The second kappa shape index (κ2) is 9.17. The molecule has 6 heteroatoms. The predicted octanol–water partition coefficient (Wildman–Crippen LogP) is 5.71. The number of amides is 2. The van der Waals surface area contributed by atoms with E-state index in [-0.39, 0.29) is 24.2 Å². The van der Waals surface area contributed by atoms with E-state index in [1.54, 1.807) is 35.2 Å². The number of hydrogen-bond donors (Lipinski definition) is 1. The molecule has 30 heavy (non-hydrogen) atoms. The molecule has 158 valence electrons. The highest BCUT2D eigenvalue weighted by atomic mass is 35.5. The van der Waals surface area contributed by atoms with Gasteiger partial charge in [0, 0.05) is 22.7 Å². The van der Waals surface area contributed by atoms with Crippen LogP contribution in [0, 0.1) is 11.7 Å². The molecule has 1 aliphatic carbocycles. The van der Waals surface area contributed by atoms with E-state index in [1.165, 1.54) is 44.2 Å². The SMILES string of the molecule is O=C1CN(C(=O)CCC2CCCCC2)C(c2ccc(F)cc2)c2cc(Cl)ccc2N1. The summed E-state index contributed by atoms with van der Waals surface area (Å²) in [7, 11) is 0. The largest absolute Gasteiger partial charge is 0.324 e. The fourth-order valence-electron chi connectivity index (χ4n) is 4.66. The Morgan fingerprint density at radius 3 is 2.57 bits per heavy atom. The van der Waals surface area contributed by atoms with Crippen LogP contribution in [-0.2, 0) is 9.59 Å². The fraction of sp³-hybridized carbons (Fsp3) is 0.417. The van der Waals surface area contributed by atoms with Crippen molar-refractivity contribution in [1.82, 2.24) is 4.90 Å². The van der Waals surface area contributed by atoms with Crippen molar-refractivity contribution >= 4 is 29.1 Å². The maximum atomic E-state index is 13.6. The predicted molar refractivity (Wildman–Crippen MR) is 116 cm³/mol. The molecule has 1 N–H and O–H groups in total. The second-order valence-electron chi connectivity index (χ2n) is 8.30. The van der Waals surface area contributed by atoms with Crippen LogP contribution in [0.2, 0.25) is 5.02 Å². The van der Waals surface area contributed by atoms with Crippen molar-refractivity contribution in [3.8, 4) is 0 Å². The Bertz CT molecular complexity index is 925. The molecule has 1 heterocycles. The monoisotopic (exact) mass is 428 g/mol. The van der Waals surface area contributed by atoms with Crippen molar-refractivity contribution < 1.29 is 14.0 Å². The third-order valence-corrected chi connectivity index (χ3v) is 6.44. The Balaban J connectivity index is 1.67. The fourth-order valence-corrected chi connectivity index (χ4v) is 4.84. The van der Waals surface area contributed by atoms with Crippen molar-refractivity contribution in [3.05, 3.63) is 64.4 Å². The van der Waals surface area contributed by atoms with Crippen LogP contribution < -0.4 is 5.32 Å². The number of halogens is 2. The molecule has 0 saturated heterocycles. The normalized spacial score (nSPS) is 19.7. The lowest BCUT2D eigenvalue weighted by molar-refractivity contribution is -0.136. The summed E-state index contributed by atoms with van der Waals surface area (Å²) in [5.41, 5.74) is 2.12. The lowest BCUT2D eigenvalue weighted by Gasteiger charge is -2.31. The van der Waals surface area contributed by atoms with Gasteiger partial charge in [0.2, 0.25) is 11.8 Å². The number of carbonyl (C=O) groups excluding carboxylic acids is 2. The molecule has 2 aliphatic rings. The van der Waals surface area contributed by atoms with E-state index in [4.69, 9.17) is 11.6 Å². The van der Waals surface area contributed by atoms with Gasteiger partial charge in [0.25, 0.3) is 0 Å². The van der Waals surface area contributed by atoms with Crippen LogP contribution in [0.1, 0.15) is 62.1 Å². The molecule has 1 unspecified atom stereocenters. The highest BCUT2D eigenvalue weighted by molar-refractivity contribution is 6.30. The van der Waals surface area contributed by atoms with Crippen molar-refractivity contribution in [1.29, 1.82) is 0 Å². The molecule has 1 saturated carbocycles. The summed E-state index contributed by atoms with van der Waals surface area (Å²) in [6, 6.07) is 10.8. The maximum absolute atomic E-state index is 13.6. The number of anilines is 1. The molecule has 1 aliphatic heterocycles. The summed E-state index contributed by atoms with van der Waals surface area (Å²) in [5.74, 6) is -0.0651. The molecule has 0 radical (unpaired) electrons. The van der Waals surface area contributed by atoms with Crippen LogP contribution in [0.25, 0.3) is 0 Å². The smallest absolute Gasteiger partial charge is 0.244 e. The lowest BCUT2D eigenvalue weighted by Crippen LogP contribution is -2.39. The zero-order valence-electron chi connectivity index (χ0n) is 16.9. The molecular weight excluding hydrogens is 403 g/mol. The first-order valence-corrected chi connectivity index (χ1v) is 11.0. The first kappa shape index (κ1) is 20.9. The molecular formula is C24H26ClFN2O2. The quantitative estimate of drug-likeness (QED) is 0.678. The maximum Gasteiger partial charge on any atom is 0.244 e. The number of carbonyl (C=O) groups is 2. The van der Waals surface area contributed by atoms with Crippen LogP contribution >= 0.6 is 11.6 Å². The summed E-state index contributed by atoms with van der Waals surface area (Å²) < 4.78 is 13.6. The number of nitrogens with zero attached hydrogens (tertiary/aromatic N) is 1. The Kier molecular flexibility index (Phi) is 6.38. The van der Waals surface area contributed by atoms with E-state index >= 15 is 0 Å². The average Bonchev–Trinajstić information content (AvgIpc) is 2.89. The van der Waals surface area contributed by atoms with E-state index < -0.39 is 6.04 Å². The van der Waals surface area contributed by atoms with E-state index in [0.717, 1.165) is 17.5 Å². The molecule has 4 nitrogen and oxygen atoms in total. The number of nitrogens with one attached hydrogen (secondary N) is 1. The minimum absolute atomic E-state index is 0.0438. The molecule has 2 aromatic carbocycles. The summed E-state index contributed by atoms with van der Waals surface area (Å²) in [4.78, 5) is 27.5. The molecule has 1 atom stereocenters. The standard InChI is InChI=1S/C24H26ClFN2O2/c25-18-9-12-21-20(14-18)24(17-7-10-19(26)11-8-17)28(15-22(29)27-21)23(30)13-6-16-4-2-1-3-5-16/h7-12,14,16,24H,1-6,13,15H2,(H,27,29). The summed E-state index contributed by atoms with van der Waals surface area (Å²) in [6.45, 7) is -0.0438. The third kappa shape index (κ3) is 4.67. The van der Waals surface area contributed by atoms with Gasteiger partial charge in [-0.15, -0.1) is 0 Å². The van der Waals surface area contributed by atoms with Gasteiger partial charge in [0.15, 0.2) is 0 Å². The Labute approximate surface area is 181 Å². The van der Waals surface area contributed by atoms with Crippen LogP contribution in [0.5, 0.6) is 0 Å². The Hall–Kier alpha value is -2.40. The summed E-state index contributed by atoms with van der Waals surface area (Å²) in [6.07, 6.45) is 7.34. The lowest BCUT2D eigenvalue weighted by atomic mass is 9.86. The molecule has 0 spiro atoms. The first-order valence-electron chi connectivity index (χ1n) is 10.7. The molecule has 4 rings (SSSR count). The van der Waals surface area contributed by atoms with Crippen molar-refractivity contribution in [3.63, 3.8) is 0 Å². The van der Waals surface area contributed by atoms with Crippen molar-refractivity contribution in [2.24, 2.45) is 5.92 Å². The van der Waals surface area contributed by atoms with Crippen LogP contribution in [-0.4, -0.2) is 23.3 Å². The van der Waals surface area contributed by atoms with Crippen LogP contribution in [0.15, 0.2) is 42.5 Å². The van der Waals surface area contributed by atoms with Gasteiger partial charge in [0.05, 0.1) is 6.04 Å². The molecule has 2 aromatic rings. The topological polar surface area (TPSA) is 49.4 Å². The number of benzene rings is 2. The van der Waals surface area contributed by atoms with Gasteiger partial charge in [-0.2, -0.15) is 0 Å². The van der Waals surface area contributed by atoms with Crippen LogP contribution in [0.3, 0.4) is 0 Å². The molecule has 0 aromatic heterocycles. The van der Waals surface area contributed by atoms with E-state index in [1.807, 2.05) is 0 Å². The van der Waals surface area contributed by atoms with Gasteiger partial charge in [0.1, 0.15) is 12.4 Å². The van der Waals surface area contributed by atoms with E-state index in [9.17, 15) is 14.0 Å². The van der Waals surface area contributed by atoms with Gasteiger partial charge < -0.3 is 10.2 Å². The minimum Gasteiger partial charge on any atom is -0.324 e. The second-order valence-corrected chi connectivity index (χ2v) is 8.73. The average molecular weight is 429 g/mol. The first-order chi connectivity index (χ1) is 14.5. The summed E-state index contributed by atoms with van der Waals surface area (Å²) >= 11 is 6.26. The zero-order valence-corrected chi connectivity index (χ0v) is 17.6. The minimum atomic E-state index is -0.503. The van der Waals surface area contributed by atoms with Crippen LogP contribution in [0.4, 0.5) is 10.1 Å². The van der Waals surface area contributed by atoms with Gasteiger partial charge in [-0.05, 0) is 48.2 Å². The highest BCUT2D eigenvalue weighted by Crippen LogP contribution is 2.38. The summed E-state index contributed by atoms with van der Waals surface area (Å²) in [5, 5.41) is 3.41. The molecule has 1 fully saturated rings. The van der Waals surface area contributed by atoms with E-state index in [0.29, 0.717) is 23.0 Å². The number of fused-ring (bicyclic) bond motifs is 1. The van der Waals surface area contributed by atoms with Gasteiger partial charge >= 0.3 is 0 Å². The molecule has 0 bridgehead atoms.